The molecule has 2 atom stereocenters. The number of halogens is 2. The number of likely N-dealkylation sites (tertiary alicyclic amines) is 1. The van der Waals surface area contributed by atoms with E-state index in [9.17, 15) is 8.78 Å². The minimum atomic E-state index is -0.547. The van der Waals surface area contributed by atoms with E-state index in [0.29, 0.717) is 30.5 Å². The second kappa shape index (κ2) is 8.97. The van der Waals surface area contributed by atoms with Crippen LogP contribution < -0.4 is 5.32 Å². The fourth-order valence-corrected chi connectivity index (χ4v) is 3.57. The zero-order chi connectivity index (χ0) is 19.2. The number of rotatable bonds is 5. The topological polar surface area (TPSA) is 45.5 Å². The number of nitrogens with zero attached hydrogens (tertiary/aromatic N) is 4. The lowest BCUT2D eigenvalue weighted by molar-refractivity contribution is 0.189. The number of hydrogen-bond acceptors (Lipinski definition) is 2. The van der Waals surface area contributed by atoms with Gasteiger partial charge in [0, 0.05) is 44.6 Å². The highest BCUT2D eigenvalue weighted by Crippen LogP contribution is 2.27. The van der Waals surface area contributed by atoms with Crippen LogP contribution in [0, 0.1) is 17.6 Å². The molecule has 2 unspecified atom stereocenters. The smallest absolute Gasteiger partial charge is 0.193 e. The van der Waals surface area contributed by atoms with Gasteiger partial charge >= 0.3 is 0 Å². The lowest BCUT2D eigenvalue weighted by Crippen LogP contribution is -2.49. The monoisotopic (exact) mass is 375 g/mol. The number of aliphatic imine (C=N–C) groups is 1. The van der Waals surface area contributed by atoms with Gasteiger partial charge in [0.1, 0.15) is 11.6 Å². The molecule has 27 heavy (non-hydrogen) atoms. The predicted octanol–water partition coefficient (Wildman–Crippen LogP) is 3.25. The molecule has 1 aliphatic rings. The van der Waals surface area contributed by atoms with Crippen molar-refractivity contribution < 1.29 is 8.78 Å². The first kappa shape index (κ1) is 19.3. The minimum absolute atomic E-state index is 0.349. The van der Waals surface area contributed by atoms with E-state index in [1.165, 1.54) is 12.1 Å². The van der Waals surface area contributed by atoms with Gasteiger partial charge in [-0.15, -0.1) is 0 Å². The maximum atomic E-state index is 13.3. The van der Waals surface area contributed by atoms with Crippen molar-refractivity contribution in [1.82, 2.24) is 19.8 Å². The van der Waals surface area contributed by atoms with Gasteiger partial charge in [-0.25, -0.2) is 13.8 Å². The number of benzene rings is 1. The highest BCUT2D eigenvalue weighted by atomic mass is 19.1. The standard InChI is InChI=1S/C20H27F2N5/c1-3-24-20(25-6-4-16-10-17(21)12-18(22)11-16)26-8-5-15(2)19(13-26)27-9-7-23-14-27/h7,9-12,14-15,19H,3-6,8,13H2,1-2H3,(H,24,25). The summed E-state index contributed by atoms with van der Waals surface area (Å²) in [5.74, 6) is 0.322. The summed E-state index contributed by atoms with van der Waals surface area (Å²) in [4.78, 5) is 11.1. The molecule has 146 valence electrons. The van der Waals surface area contributed by atoms with Crippen LogP contribution in [0.3, 0.4) is 0 Å². The third-order valence-electron chi connectivity index (χ3n) is 5.05. The second-order valence-electron chi connectivity index (χ2n) is 7.05. The van der Waals surface area contributed by atoms with E-state index in [0.717, 1.165) is 38.1 Å². The first-order valence-corrected chi connectivity index (χ1v) is 9.52. The number of nitrogens with one attached hydrogen (secondary N) is 1. The molecule has 1 N–H and O–H groups in total. The van der Waals surface area contributed by atoms with Crippen molar-refractivity contribution in [1.29, 1.82) is 0 Å². The second-order valence-corrected chi connectivity index (χ2v) is 7.05. The van der Waals surface area contributed by atoms with Crippen LogP contribution in [0.5, 0.6) is 0 Å². The van der Waals surface area contributed by atoms with E-state index in [1.807, 2.05) is 25.6 Å². The van der Waals surface area contributed by atoms with E-state index in [-0.39, 0.29) is 0 Å². The van der Waals surface area contributed by atoms with Crippen molar-refractivity contribution in [2.45, 2.75) is 32.7 Å². The zero-order valence-corrected chi connectivity index (χ0v) is 15.9. The van der Waals surface area contributed by atoms with Gasteiger partial charge in [-0.3, -0.25) is 4.99 Å². The average Bonchev–Trinajstić information content (AvgIpc) is 3.15. The normalized spacial score (nSPS) is 20.7. The van der Waals surface area contributed by atoms with Crippen molar-refractivity contribution in [2.24, 2.45) is 10.9 Å². The van der Waals surface area contributed by atoms with Gasteiger partial charge in [0.2, 0.25) is 0 Å². The maximum absolute atomic E-state index is 13.3. The third-order valence-corrected chi connectivity index (χ3v) is 5.05. The summed E-state index contributed by atoms with van der Waals surface area (Å²) in [6.07, 6.45) is 7.25. The number of imidazole rings is 1. The van der Waals surface area contributed by atoms with Crippen molar-refractivity contribution in [3.63, 3.8) is 0 Å². The molecule has 0 amide bonds. The van der Waals surface area contributed by atoms with Gasteiger partial charge in [-0.2, -0.15) is 0 Å². The number of aromatic nitrogens is 2. The SMILES string of the molecule is CCNC(=NCCc1cc(F)cc(F)c1)N1CCC(C)C(n2ccnc2)C1. The fraction of sp³-hybridized carbons (Fsp3) is 0.500. The van der Waals surface area contributed by atoms with Crippen molar-refractivity contribution >= 4 is 5.96 Å². The molecule has 0 radical (unpaired) electrons. The van der Waals surface area contributed by atoms with E-state index < -0.39 is 11.6 Å². The molecule has 1 saturated heterocycles. The van der Waals surface area contributed by atoms with Gasteiger partial charge < -0.3 is 14.8 Å². The lowest BCUT2D eigenvalue weighted by atomic mass is 9.93. The van der Waals surface area contributed by atoms with E-state index >= 15 is 0 Å². The molecule has 1 aromatic heterocycles. The molecule has 0 bridgehead atoms. The Kier molecular flexibility index (Phi) is 6.42. The zero-order valence-electron chi connectivity index (χ0n) is 15.9. The number of piperidine rings is 1. The number of hydrogen-bond donors (Lipinski definition) is 1. The molecule has 1 aliphatic heterocycles. The summed E-state index contributed by atoms with van der Waals surface area (Å²) in [5, 5.41) is 3.34. The van der Waals surface area contributed by atoms with Crippen molar-refractivity contribution in [3.05, 3.63) is 54.1 Å². The third kappa shape index (κ3) is 5.05. The predicted molar refractivity (Wildman–Crippen MR) is 103 cm³/mol. The molecule has 1 fully saturated rings. The Morgan fingerprint density at radius 2 is 2.07 bits per heavy atom. The first-order valence-electron chi connectivity index (χ1n) is 9.52. The average molecular weight is 375 g/mol. The Morgan fingerprint density at radius 3 is 2.74 bits per heavy atom. The summed E-state index contributed by atoms with van der Waals surface area (Å²) in [6, 6.07) is 3.97. The van der Waals surface area contributed by atoms with Gasteiger partial charge in [-0.1, -0.05) is 6.92 Å². The van der Waals surface area contributed by atoms with E-state index in [4.69, 9.17) is 4.99 Å². The highest BCUT2D eigenvalue weighted by molar-refractivity contribution is 5.80. The molecule has 2 heterocycles. The Bertz CT molecular complexity index is 739. The molecule has 0 saturated carbocycles. The molecular weight excluding hydrogens is 348 g/mol. The van der Waals surface area contributed by atoms with Gasteiger partial charge in [0.15, 0.2) is 5.96 Å². The Morgan fingerprint density at radius 1 is 1.30 bits per heavy atom. The van der Waals surface area contributed by atoms with Crippen LogP contribution in [-0.4, -0.2) is 46.6 Å². The van der Waals surface area contributed by atoms with Crippen LogP contribution in [-0.2, 0) is 6.42 Å². The summed E-state index contributed by atoms with van der Waals surface area (Å²) in [6.45, 7) is 7.36. The lowest BCUT2D eigenvalue weighted by Gasteiger charge is -2.39. The van der Waals surface area contributed by atoms with E-state index in [2.05, 4.69) is 26.7 Å². The molecule has 1 aromatic carbocycles. The maximum Gasteiger partial charge on any atom is 0.193 e. The summed E-state index contributed by atoms with van der Waals surface area (Å²) in [5.41, 5.74) is 0.621. The Labute approximate surface area is 159 Å². The van der Waals surface area contributed by atoms with Crippen LogP contribution in [0.1, 0.15) is 31.9 Å². The molecule has 5 nitrogen and oxygen atoms in total. The molecule has 3 rings (SSSR count). The van der Waals surface area contributed by atoms with Gasteiger partial charge in [0.05, 0.1) is 12.4 Å². The summed E-state index contributed by atoms with van der Waals surface area (Å²) < 4.78 is 28.8. The largest absolute Gasteiger partial charge is 0.357 e. The number of guanidine groups is 1. The fourth-order valence-electron chi connectivity index (χ4n) is 3.57. The quantitative estimate of drug-likeness (QED) is 0.645. The summed E-state index contributed by atoms with van der Waals surface area (Å²) in [7, 11) is 0. The van der Waals surface area contributed by atoms with E-state index in [1.54, 1.807) is 0 Å². The van der Waals surface area contributed by atoms with Crippen LogP contribution in [0.2, 0.25) is 0 Å². The molecule has 0 aliphatic carbocycles. The van der Waals surface area contributed by atoms with Crippen LogP contribution in [0.4, 0.5) is 8.78 Å². The Balaban J connectivity index is 1.67. The van der Waals surface area contributed by atoms with Crippen LogP contribution in [0.25, 0.3) is 0 Å². The summed E-state index contributed by atoms with van der Waals surface area (Å²) >= 11 is 0. The van der Waals surface area contributed by atoms with Gasteiger partial charge in [-0.05, 0) is 43.4 Å². The first-order chi connectivity index (χ1) is 13.1. The molecule has 0 spiro atoms. The molecule has 2 aromatic rings. The minimum Gasteiger partial charge on any atom is -0.357 e. The van der Waals surface area contributed by atoms with Crippen LogP contribution in [0.15, 0.2) is 41.9 Å². The van der Waals surface area contributed by atoms with Gasteiger partial charge in [0.25, 0.3) is 0 Å². The highest BCUT2D eigenvalue weighted by Gasteiger charge is 2.28. The van der Waals surface area contributed by atoms with Crippen molar-refractivity contribution in [3.8, 4) is 0 Å². The van der Waals surface area contributed by atoms with Crippen LogP contribution >= 0.6 is 0 Å². The van der Waals surface area contributed by atoms with Crippen molar-refractivity contribution in [2.75, 3.05) is 26.2 Å². The Hall–Kier alpha value is -2.44. The molecule has 7 heteroatoms. The molecular formula is C20H27F2N5.